The standard InChI is InChI=1S/C25H37N7O2/c1-24(2)17-21(16-22(33)31(12-5-8-26)15-11-29-4)18-25(3,19-24)20-30-23(34)32(13-6-9-27)14-7-10-28/h21H,5-7,11-20H2,1-3H3,(H,30,34). The number of nitriles is 3. The maximum absolute atomic E-state index is 13.0. The number of rotatable bonds is 12. The second-order valence-corrected chi connectivity index (χ2v) is 10.3. The number of nitrogens with one attached hydrogen (secondary N) is 1. The van der Waals surface area contributed by atoms with Crippen molar-refractivity contribution in [1.29, 1.82) is 15.8 Å². The zero-order valence-corrected chi connectivity index (χ0v) is 20.8. The average Bonchev–Trinajstić information content (AvgIpc) is 2.76. The Morgan fingerprint density at radius 1 is 0.971 bits per heavy atom. The fourth-order valence-corrected chi connectivity index (χ4v) is 5.31. The first kappa shape index (κ1) is 28.7. The van der Waals surface area contributed by atoms with E-state index in [4.69, 9.17) is 22.4 Å². The SMILES string of the molecule is [C-]#[N+]CCN(CCC#N)C(=O)CC1CC(C)(C)CC(C)(CNC(=O)N(CCC#N)CCC#N)C1. The number of urea groups is 1. The van der Waals surface area contributed by atoms with Gasteiger partial charge in [0.2, 0.25) is 12.5 Å². The molecule has 1 N–H and O–H groups in total. The quantitative estimate of drug-likeness (QED) is 0.438. The largest absolute Gasteiger partial charge is 0.337 e. The van der Waals surface area contributed by atoms with Gasteiger partial charge >= 0.3 is 6.03 Å². The summed E-state index contributed by atoms with van der Waals surface area (Å²) in [5, 5.41) is 29.6. The first-order valence-electron chi connectivity index (χ1n) is 11.8. The lowest BCUT2D eigenvalue weighted by atomic mass is 9.60. The number of hydrogen-bond donors (Lipinski definition) is 1. The van der Waals surface area contributed by atoms with E-state index in [2.05, 4.69) is 37.0 Å². The first-order chi connectivity index (χ1) is 16.1. The summed E-state index contributed by atoms with van der Waals surface area (Å²) in [4.78, 5) is 32.2. The molecule has 0 bridgehead atoms. The van der Waals surface area contributed by atoms with Crippen LogP contribution in [-0.4, -0.2) is 61.0 Å². The van der Waals surface area contributed by atoms with Gasteiger partial charge in [0.1, 0.15) is 0 Å². The van der Waals surface area contributed by atoms with Gasteiger partial charge in [-0.05, 0) is 36.0 Å². The van der Waals surface area contributed by atoms with E-state index in [1.54, 1.807) is 4.90 Å². The van der Waals surface area contributed by atoms with Crippen LogP contribution in [0.4, 0.5) is 4.79 Å². The van der Waals surface area contributed by atoms with Gasteiger partial charge < -0.3 is 20.0 Å². The molecule has 1 fully saturated rings. The molecule has 184 valence electrons. The molecular formula is C25H37N7O2. The van der Waals surface area contributed by atoms with Crippen LogP contribution < -0.4 is 5.32 Å². The van der Waals surface area contributed by atoms with Gasteiger partial charge in [0.15, 0.2) is 0 Å². The van der Waals surface area contributed by atoms with Crippen molar-refractivity contribution >= 4 is 11.9 Å². The van der Waals surface area contributed by atoms with Crippen LogP contribution in [0, 0.1) is 57.3 Å². The van der Waals surface area contributed by atoms with Crippen molar-refractivity contribution in [2.75, 3.05) is 39.3 Å². The third-order valence-corrected chi connectivity index (χ3v) is 6.26. The highest BCUT2D eigenvalue weighted by atomic mass is 16.2. The molecule has 1 aliphatic rings. The summed E-state index contributed by atoms with van der Waals surface area (Å²) in [6.45, 7) is 15.4. The topological polar surface area (TPSA) is 128 Å². The third-order valence-electron chi connectivity index (χ3n) is 6.26. The van der Waals surface area contributed by atoms with E-state index in [9.17, 15) is 9.59 Å². The highest BCUT2D eigenvalue weighted by Gasteiger charge is 2.42. The Hall–Kier alpha value is -3.30. The maximum Gasteiger partial charge on any atom is 0.317 e. The van der Waals surface area contributed by atoms with Gasteiger partial charge in [0.25, 0.3) is 0 Å². The summed E-state index contributed by atoms with van der Waals surface area (Å²) in [7, 11) is 0. The van der Waals surface area contributed by atoms with Crippen molar-refractivity contribution in [2.24, 2.45) is 16.7 Å². The zero-order valence-electron chi connectivity index (χ0n) is 20.8. The Kier molecular flexibility index (Phi) is 11.9. The molecule has 0 aliphatic heterocycles. The second kappa shape index (κ2) is 14.1. The summed E-state index contributed by atoms with van der Waals surface area (Å²) >= 11 is 0. The third kappa shape index (κ3) is 10.1. The highest BCUT2D eigenvalue weighted by Crippen LogP contribution is 2.49. The van der Waals surface area contributed by atoms with Crippen molar-refractivity contribution in [3.8, 4) is 18.2 Å². The van der Waals surface area contributed by atoms with Gasteiger partial charge in [0.05, 0.1) is 44.0 Å². The molecule has 1 saturated carbocycles. The summed E-state index contributed by atoms with van der Waals surface area (Å²) in [5.41, 5.74) is -0.204. The molecule has 0 aromatic rings. The molecule has 0 heterocycles. The minimum atomic E-state index is -0.274. The lowest BCUT2D eigenvalue weighted by molar-refractivity contribution is -0.133. The van der Waals surface area contributed by atoms with E-state index in [0.717, 1.165) is 19.3 Å². The van der Waals surface area contributed by atoms with Gasteiger partial charge in [-0.25, -0.2) is 11.4 Å². The Morgan fingerprint density at radius 2 is 1.53 bits per heavy atom. The average molecular weight is 468 g/mol. The normalized spacial score (nSPS) is 20.6. The summed E-state index contributed by atoms with van der Waals surface area (Å²) in [6, 6.07) is 5.87. The van der Waals surface area contributed by atoms with Crippen LogP contribution in [0.3, 0.4) is 0 Å². The molecule has 0 aromatic heterocycles. The minimum Gasteiger partial charge on any atom is -0.337 e. The van der Waals surface area contributed by atoms with E-state index in [1.807, 2.05) is 12.1 Å². The molecule has 0 saturated heterocycles. The van der Waals surface area contributed by atoms with Crippen LogP contribution in [-0.2, 0) is 4.79 Å². The van der Waals surface area contributed by atoms with Crippen molar-refractivity contribution in [3.05, 3.63) is 11.4 Å². The second-order valence-electron chi connectivity index (χ2n) is 10.3. The van der Waals surface area contributed by atoms with Crippen LogP contribution in [0.25, 0.3) is 4.85 Å². The molecule has 0 spiro atoms. The van der Waals surface area contributed by atoms with Gasteiger partial charge in [-0.15, -0.1) is 0 Å². The Labute approximate surface area is 204 Å². The predicted octanol–water partition coefficient (Wildman–Crippen LogP) is 3.71. The fraction of sp³-hybridized carbons (Fsp3) is 0.760. The molecule has 9 nitrogen and oxygen atoms in total. The Balaban J connectivity index is 2.83. The van der Waals surface area contributed by atoms with Crippen LogP contribution >= 0.6 is 0 Å². The zero-order chi connectivity index (χ0) is 25.6. The van der Waals surface area contributed by atoms with Crippen molar-refractivity contribution in [2.45, 2.75) is 65.7 Å². The molecule has 0 aromatic carbocycles. The maximum atomic E-state index is 13.0. The minimum absolute atomic E-state index is 0.00201. The van der Waals surface area contributed by atoms with Crippen molar-refractivity contribution in [3.63, 3.8) is 0 Å². The molecule has 3 amide bonds. The van der Waals surface area contributed by atoms with Crippen molar-refractivity contribution in [1.82, 2.24) is 15.1 Å². The highest BCUT2D eigenvalue weighted by molar-refractivity contribution is 5.76. The van der Waals surface area contributed by atoms with E-state index >= 15 is 0 Å². The van der Waals surface area contributed by atoms with Crippen LogP contribution in [0.15, 0.2) is 0 Å². The molecular weight excluding hydrogens is 430 g/mol. The van der Waals surface area contributed by atoms with E-state index in [0.29, 0.717) is 26.1 Å². The number of amides is 3. The predicted molar refractivity (Wildman–Crippen MR) is 128 cm³/mol. The lowest BCUT2D eigenvalue weighted by Crippen LogP contribution is -2.48. The molecule has 2 atom stereocenters. The van der Waals surface area contributed by atoms with E-state index in [-0.39, 0.29) is 67.6 Å². The molecule has 1 aliphatic carbocycles. The number of hydrogen-bond acceptors (Lipinski definition) is 5. The van der Waals surface area contributed by atoms with E-state index < -0.39 is 0 Å². The molecule has 1 rings (SSSR count). The molecule has 0 radical (unpaired) electrons. The summed E-state index contributed by atoms with van der Waals surface area (Å²) in [5.74, 6) is 0.121. The van der Waals surface area contributed by atoms with Crippen LogP contribution in [0.5, 0.6) is 0 Å². The number of nitrogens with zero attached hydrogens (tertiary/aromatic N) is 6. The Morgan fingerprint density at radius 3 is 2.06 bits per heavy atom. The van der Waals surface area contributed by atoms with E-state index in [1.165, 1.54) is 4.90 Å². The smallest absolute Gasteiger partial charge is 0.317 e. The van der Waals surface area contributed by atoms with Gasteiger partial charge in [-0.1, -0.05) is 20.8 Å². The van der Waals surface area contributed by atoms with Gasteiger partial charge in [-0.2, -0.15) is 15.8 Å². The Bertz CT molecular complexity index is 822. The van der Waals surface area contributed by atoms with Gasteiger partial charge in [0, 0.05) is 32.6 Å². The lowest BCUT2D eigenvalue weighted by Gasteiger charge is -2.47. The van der Waals surface area contributed by atoms with Crippen LogP contribution in [0.2, 0.25) is 0 Å². The van der Waals surface area contributed by atoms with Gasteiger partial charge in [-0.3, -0.25) is 4.79 Å². The molecule has 2 unspecified atom stereocenters. The van der Waals surface area contributed by atoms with Crippen molar-refractivity contribution < 1.29 is 9.59 Å². The van der Waals surface area contributed by atoms with Crippen LogP contribution in [0.1, 0.15) is 65.7 Å². The number of carbonyl (C=O) groups excluding carboxylic acids is 2. The summed E-state index contributed by atoms with van der Waals surface area (Å²) < 4.78 is 0. The number of carbonyl (C=O) groups is 2. The fourth-order valence-electron chi connectivity index (χ4n) is 5.31. The summed E-state index contributed by atoms with van der Waals surface area (Å²) in [6.07, 6.45) is 3.62. The molecule has 34 heavy (non-hydrogen) atoms. The monoisotopic (exact) mass is 467 g/mol. The molecule has 9 heteroatoms. The first-order valence-corrected chi connectivity index (χ1v) is 11.8.